The number of aryl methyl sites for hydroxylation is 1. The Hall–Kier alpha value is -1.35. The number of aromatic nitrogens is 1. The number of halogens is 1. The number of hydrogen-bond acceptors (Lipinski definition) is 1. The molecule has 1 aromatic heterocycles. The Balaban J connectivity index is 2.67. The number of rotatable bonds is 3. The minimum absolute atomic E-state index is 0.0840. The number of aliphatic hydroxyl groups is 1. The van der Waals surface area contributed by atoms with Crippen molar-refractivity contribution in [2.75, 3.05) is 6.61 Å². The fraction of sp³-hybridized carbons (Fsp3) is 0.385. The van der Waals surface area contributed by atoms with Gasteiger partial charge in [-0.05, 0) is 30.7 Å². The van der Waals surface area contributed by atoms with Crippen molar-refractivity contribution in [1.29, 1.82) is 0 Å². The van der Waals surface area contributed by atoms with Crippen molar-refractivity contribution in [1.82, 2.24) is 4.57 Å². The number of fused-ring (bicyclic) bond motifs is 1. The summed E-state index contributed by atoms with van der Waals surface area (Å²) in [5.74, 6) is -0.135. The molecule has 2 aromatic rings. The van der Waals surface area contributed by atoms with Gasteiger partial charge in [-0.1, -0.05) is 6.92 Å². The summed E-state index contributed by atoms with van der Waals surface area (Å²) in [6.45, 7) is 4.91. The molecule has 1 atom stereocenters. The Morgan fingerprint density at radius 2 is 2.19 bits per heavy atom. The zero-order chi connectivity index (χ0) is 11.7. The van der Waals surface area contributed by atoms with Crippen molar-refractivity contribution in [3.8, 4) is 0 Å². The van der Waals surface area contributed by atoms with E-state index in [2.05, 4.69) is 0 Å². The van der Waals surface area contributed by atoms with Crippen molar-refractivity contribution < 1.29 is 9.50 Å². The second-order valence-electron chi connectivity index (χ2n) is 4.12. The molecule has 1 heterocycles. The number of benzene rings is 1. The highest BCUT2D eigenvalue weighted by Crippen LogP contribution is 2.28. The van der Waals surface area contributed by atoms with Gasteiger partial charge >= 0.3 is 0 Å². The molecule has 0 fully saturated rings. The smallest absolute Gasteiger partial charge is 0.125 e. The molecule has 0 spiro atoms. The maximum Gasteiger partial charge on any atom is 0.125 e. The van der Waals surface area contributed by atoms with E-state index in [4.69, 9.17) is 0 Å². The van der Waals surface area contributed by atoms with Crippen LogP contribution in [-0.2, 0) is 6.54 Å². The molecule has 0 radical (unpaired) electrons. The van der Waals surface area contributed by atoms with Crippen LogP contribution in [0, 0.1) is 5.82 Å². The van der Waals surface area contributed by atoms with E-state index in [1.807, 2.05) is 24.6 Å². The Morgan fingerprint density at radius 3 is 2.81 bits per heavy atom. The minimum atomic E-state index is -0.219. The van der Waals surface area contributed by atoms with E-state index in [0.717, 1.165) is 23.0 Å². The summed E-state index contributed by atoms with van der Waals surface area (Å²) < 4.78 is 15.2. The summed E-state index contributed by atoms with van der Waals surface area (Å²) >= 11 is 0. The van der Waals surface area contributed by atoms with Gasteiger partial charge in [0.1, 0.15) is 5.82 Å². The van der Waals surface area contributed by atoms with E-state index in [0.29, 0.717) is 0 Å². The molecular formula is C13H16FNO. The van der Waals surface area contributed by atoms with Crippen molar-refractivity contribution in [3.05, 3.63) is 35.8 Å². The number of aliphatic hydroxyl groups excluding tert-OH is 1. The second-order valence-corrected chi connectivity index (χ2v) is 4.12. The first-order valence-corrected chi connectivity index (χ1v) is 5.56. The first-order chi connectivity index (χ1) is 7.67. The molecule has 0 aliphatic heterocycles. The van der Waals surface area contributed by atoms with Gasteiger partial charge in [0.2, 0.25) is 0 Å². The predicted molar refractivity (Wildman–Crippen MR) is 63.1 cm³/mol. The van der Waals surface area contributed by atoms with Crippen LogP contribution in [0.2, 0.25) is 0 Å². The fourth-order valence-corrected chi connectivity index (χ4v) is 2.05. The van der Waals surface area contributed by atoms with Gasteiger partial charge in [0.15, 0.2) is 0 Å². The van der Waals surface area contributed by atoms with E-state index < -0.39 is 0 Å². The average Bonchev–Trinajstić information content (AvgIpc) is 2.66. The maximum atomic E-state index is 13.2. The third kappa shape index (κ3) is 1.71. The van der Waals surface area contributed by atoms with Crippen LogP contribution < -0.4 is 0 Å². The Kier molecular flexibility index (Phi) is 2.97. The molecule has 0 aliphatic rings. The lowest BCUT2D eigenvalue weighted by Gasteiger charge is -2.05. The van der Waals surface area contributed by atoms with Gasteiger partial charge in [-0.15, -0.1) is 0 Å². The molecule has 2 rings (SSSR count). The van der Waals surface area contributed by atoms with Crippen LogP contribution in [0.1, 0.15) is 25.3 Å². The standard InChI is InChI=1S/C13H16FNO/c1-3-15-7-12(9(2)8-16)11-5-4-10(14)6-13(11)15/h4-7,9,16H,3,8H2,1-2H3. The van der Waals surface area contributed by atoms with Crippen LogP contribution >= 0.6 is 0 Å². The van der Waals surface area contributed by atoms with Crippen LogP contribution in [0.4, 0.5) is 4.39 Å². The van der Waals surface area contributed by atoms with E-state index >= 15 is 0 Å². The van der Waals surface area contributed by atoms with E-state index in [9.17, 15) is 9.50 Å². The third-order valence-electron chi connectivity index (χ3n) is 3.02. The van der Waals surface area contributed by atoms with Gasteiger partial charge < -0.3 is 9.67 Å². The van der Waals surface area contributed by atoms with Crippen molar-refractivity contribution >= 4 is 10.9 Å². The highest BCUT2D eigenvalue weighted by Gasteiger charge is 2.13. The molecule has 0 aliphatic carbocycles. The molecule has 1 aromatic carbocycles. The lowest BCUT2D eigenvalue weighted by atomic mass is 10.0. The first-order valence-electron chi connectivity index (χ1n) is 5.56. The monoisotopic (exact) mass is 221 g/mol. The van der Waals surface area contributed by atoms with Crippen molar-refractivity contribution in [3.63, 3.8) is 0 Å². The Bertz CT molecular complexity index is 504. The maximum absolute atomic E-state index is 13.2. The van der Waals surface area contributed by atoms with Gasteiger partial charge in [0.25, 0.3) is 0 Å². The molecule has 86 valence electrons. The summed E-state index contributed by atoms with van der Waals surface area (Å²) in [7, 11) is 0. The molecule has 3 heteroatoms. The molecule has 0 saturated heterocycles. The van der Waals surface area contributed by atoms with Gasteiger partial charge in [0, 0.05) is 30.7 Å². The number of hydrogen-bond donors (Lipinski definition) is 1. The first kappa shape index (κ1) is 11.1. The molecular weight excluding hydrogens is 205 g/mol. The summed E-state index contributed by atoms with van der Waals surface area (Å²) in [5, 5.41) is 10.2. The molecule has 0 saturated carbocycles. The lowest BCUT2D eigenvalue weighted by molar-refractivity contribution is 0.273. The fourth-order valence-electron chi connectivity index (χ4n) is 2.05. The average molecular weight is 221 g/mol. The largest absolute Gasteiger partial charge is 0.396 e. The molecule has 2 nitrogen and oxygen atoms in total. The zero-order valence-electron chi connectivity index (χ0n) is 9.57. The summed E-state index contributed by atoms with van der Waals surface area (Å²) in [4.78, 5) is 0. The third-order valence-corrected chi connectivity index (χ3v) is 3.02. The molecule has 1 unspecified atom stereocenters. The van der Waals surface area contributed by atoms with E-state index in [1.165, 1.54) is 6.07 Å². The van der Waals surface area contributed by atoms with Gasteiger partial charge in [-0.2, -0.15) is 0 Å². The molecule has 16 heavy (non-hydrogen) atoms. The van der Waals surface area contributed by atoms with Crippen LogP contribution in [-0.4, -0.2) is 16.3 Å². The number of nitrogens with zero attached hydrogens (tertiary/aromatic N) is 1. The highest BCUT2D eigenvalue weighted by atomic mass is 19.1. The zero-order valence-corrected chi connectivity index (χ0v) is 9.57. The summed E-state index contributed by atoms with van der Waals surface area (Å²) in [6.07, 6.45) is 2.00. The van der Waals surface area contributed by atoms with Gasteiger partial charge in [-0.25, -0.2) is 4.39 Å². The van der Waals surface area contributed by atoms with E-state index in [1.54, 1.807) is 12.1 Å². The van der Waals surface area contributed by atoms with Crippen LogP contribution in [0.15, 0.2) is 24.4 Å². The van der Waals surface area contributed by atoms with E-state index in [-0.39, 0.29) is 18.3 Å². The topological polar surface area (TPSA) is 25.2 Å². The van der Waals surface area contributed by atoms with Gasteiger partial charge in [0.05, 0.1) is 5.52 Å². The molecule has 0 amide bonds. The Morgan fingerprint density at radius 1 is 1.44 bits per heavy atom. The summed E-state index contributed by atoms with van der Waals surface area (Å²) in [5.41, 5.74) is 1.98. The quantitative estimate of drug-likeness (QED) is 0.847. The van der Waals surface area contributed by atoms with Crippen LogP contribution in [0.5, 0.6) is 0 Å². The minimum Gasteiger partial charge on any atom is -0.396 e. The lowest BCUT2D eigenvalue weighted by Crippen LogP contribution is -1.97. The predicted octanol–water partition coefficient (Wildman–Crippen LogP) is 2.90. The highest BCUT2D eigenvalue weighted by molar-refractivity contribution is 5.84. The van der Waals surface area contributed by atoms with Crippen LogP contribution in [0.25, 0.3) is 10.9 Å². The second kappa shape index (κ2) is 4.26. The summed E-state index contributed by atoms with van der Waals surface area (Å²) in [6, 6.07) is 4.81. The SMILES string of the molecule is CCn1cc(C(C)CO)c2ccc(F)cc21. The van der Waals surface area contributed by atoms with Crippen LogP contribution in [0.3, 0.4) is 0 Å². The van der Waals surface area contributed by atoms with Crippen molar-refractivity contribution in [2.24, 2.45) is 0 Å². The molecule has 1 N–H and O–H groups in total. The Labute approximate surface area is 94.3 Å². The normalized spacial score (nSPS) is 13.2. The molecule has 0 bridgehead atoms. The van der Waals surface area contributed by atoms with Crippen molar-refractivity contribution in [2.45, 2.75) is 26.3 Å². The van der Waals surface area contributed by atoms with Gasteiger partial charge in [-0.3, -0.25) is 0 Å².